The van der Waals surface area contributed by atoms with Crippen molar-refractivity contribution in [2.45, 2.75) is 6.42 Å². The Balaban J connectivity index is 1.54. The third kappa shape index (κ3) is 4.57. The number of benzene rings is 1. The molecule has 0 bridgehead atoms. The molecule has 5 nitrogen and oxygen atoms in total. The van der Waals surface area contributed by atoms with Gasteiger partial charge in [-0.25, -0.2) is 4.98 Å². The SMILES string of the molecule is COc1ccc(C(=O)COC(=O)Cc2csc(-c3cccs3)n2)cc1Br. The van der Waals surface area contributed by atoms with Gasteiger partial charge < -0.3 is 9.47 Å². The third-order valence-electron chi connectivity index (χ3n) is 3.45. The van der Waals surface area contributed by atoms with E-state index in [1.807, 2.05) is 22.9 Å². The molecule has 3 aromatic rings. The minimum atomic E-state index is -0.478. The van der Waals surface area contributed by atoms with Crippen LogP contribution in [0.15, 0.2) is 45.6 Å². The number of ketones is 1. The summed E-state index contributed by atoms with van der Waals surface area (Å²) >= 11 is 6.41. The molecule has 0 aliphatic rings. The van der Waals surface area contributed by atoms with Gasteiger partial charge in [0, 0.05) is 10.9 Å². The van der Waals surface area contributed by atoms with E-state index in [1.165, 1.54) is 11.3 Å². The summed E-state index contributed by atoms with van der Waals surface area (Å²) in [6.45, 7) is -0.306. The maximum absolute atomic E-state index is 12.2. The average molecular weight is 452 g/mol. The number of methoxy groups -OCH3 is 1. The molecule has 0 saturated carbocycles. The van der Waals surface area contributed by atoms with Crippen LogP contribution < -0.4 is 4.74 Å². The molecule has 0 saturated heterocycles. The van der Waals surface area contributed by atoms with E-state index in [4.69, 9.17) is 9.47 Å². The van der Waals surface area contributed by atoms with Crippen molar-refractivity contribution < 1.29 is 19.1 Å². The molecule has 8 heteroatoms. The van der Waals surface area contributed by atoms with E-state index in [0.717, 1.165) is 9.88 Å². The molecular formula is C18H14BrNO4S2. The molecule has 2 heterocycles. The molecule has 0 atom stereocenters. The number of Topliss-reactive ketones (excluding diaryl/α,β-unsaturated/α-hetero) is 1. The Morgan fingerprint density at radius 2 is 2.08 bits per heavy atom. The van der Waals surface area contributed by atoms with E-state index in [9.17, 15) is 9.59 Å². The summed E-state index contributed by atoms with van der Waals surface area (Å²) in [5.41, 5.74) is 1.09. The van der Waals surface area contributed by atoms with Gasteiger partial charge in [0.05, 0.1) is 28.6 Å². The van der Waals surface area contributed by atoms with Crippen molar-refractivity contribution in [1.29, 1.82) is 0 Å². The Kier molecular flexibility index (Phi) is 6.18. The van der Waals surface area contributed by atoms with Crippen molar-refractivity contribution in [3.8, 4) is 15.6 Å². The number of carbonyl (C=O) groups excluding carboxylic acids is 2. The van der Waals surface area contributed by atoms with Crippen LogP contribution in [-0.4, -0.2) is 30.5 Å². The lowest BCUT2D eigenvalue weighted by atomic mass is 10.1. The number of ether oxygens (including phenoxy) is 2. The molecule has 134 valence electrons. The second kappa shape index (κ2) is 8.57. The third-order valence-corrected chi connectivity index (χ3v) is 6.00. The lowest BCUT2D eigenvalue weighted by Gasteiger charge is -2.06. The first-order chi connectivity index (χ1) is 12.6. The zero-order valence-corrected chi connectivity index (χ0v) is 16.9. The van der Waals surface area contributed by atoms with E-state index in [2.05, 4.69) is 20.9 Å². The number of esters is 1. The molecule has 0 fully saturated rings. The van der Waals surface area contributed by atoms with Gasteiger partial charge in [-0.1, -0.05) is 6.07 Å². The molecule has 0 unspecified atom stereocenters. The van der Waals surface area contributed by atoms with Crippen LogP contribution in [0.1, 0.15) is 16.1 Å². The van der Waals surface area contributed by atoms with Gasteiger partial charge >= 0.3 is 5.97 Å². The number of hydrogen-bond acceptors (Lipinski definition) is 7. The van der Waals surface area contributed by atoms with Gasteiger partial charge in [-0.2, -0.15) is 0 Å². The number of thiazole rings is 1. The Labute approximate surface area is 166 Å². The molecule has 0 N–H and O–H groups in total. The number of hydrogen-bond donors (Lipinski definition) is 0. The molecular weight excluding hydrogens is 438 g/mol. The van der Waals surface area contributed by atoms with Gasteiger partial charge in [0.25, 0.3) is 0 Å². The number of aromatic nitrogens is 1. The van der Waals surface area contributed by atoms with Crippen molar-refractivity contribution >= 4 is 50.4 Å². The molecule has 3 rings (SSSR count). The molecule has 0 spiro atoms. The fourth-order valence-electron chi connectivity index (χ4n) is 2.17. The smallest absolute Gasteiger partial charge is 0.312 e. The van der Waals surface area contributed by atoms with E-state index in [0.29, 0.717) is 21.5 Å². The monoisotopic (exact) mass is 451 g/mol. The van der Waals surface area contributed by atoms with Gasteiger partial charge in [-0.15, -0.1) is 22.7 Å². The first kappa shape index (κ1) is 18.8. The minimum Gasteiger partial charge on any atom is -0.496 e. The standard InChI is InChI=1S/C18H14BrNO4S2/c1-23-15-5-4-11(7-13(15)19)14(21)9-24-17(22)8-12-10-26-18(20-12)16-3-2-6-25-16/h2-7,10H,8-9H2,1H3. The summed E-state index contributed by atoms with van der Waals surface area (Å²) in [6, 6.07) is 8.90. The Morgan fingerprint density at radius 1 is 1.23 bits per heavy atom. The lowest BCUT2D eigenvalue weighted by molar-refractivity contribution is -0.141. The van der Waals surface area contributed by atoms with Crippen molar-refractivity contribution in [1.82, 2.24) is 4.98 Å². The Bertz CT molecular complexity index is 921. The lowest BCUT2D eigenvalue weighted by Crippen LogP contribution is -2.15. The van der Waals surface area contributed by atoms with Crippen LogP contribution in [0.5, 0.6) is 5.75 Å². The number of nitrogens with zero attached hydrogens (tertiary/aromatic N) is 1. The summed E-state index contributed by atoms with van der Waals surface area (Å²) in [7, 11) is 1.55. The summed E-state index contributed by atoms with van der Waals surface area (Å²) in [4.78, 5) is 29.6. The minimum absolute atomic E-state index is 0.0431. The van der Waals surface area contributed by atoms with Crippen LogP contribution in [-0.2, 0) is 16.0 Å². The largest absolute Gasteiger partial charge is 0.496 e. The predicted octanol–water partition coefficient (Wildman–Crippen LogP) is 4.61. The highest BCUT2D eigenvalue weighted by atomic mass is 79.9. The maximum atomic E-state index is 12.2. The predicted molar refractivity (Wildman–Crippen MR) is 105 cm³/mol. The number of rotatable bonds is 7. The van der Waals surface area contributed by atoms with E-state index in [1.54, 1.807) is 36.6 Å². The molecule has 0 aliphatic carbocycles. The zero-order valence-electron chi connectivity index (χ0n) is 13.7. The number of carbonyl (C=O) groups is 2. The summed E-state index contributed by atoms with van der Waals surface area (Å²) in [5.74, 6) is -0.128. The van der Waals surface area contributed by atoms with Crippen molar-refractivity contribution in [2.75, 3.05) is 13.7 Å². The fraction of sp³-hybridized carbons (Fsp3) is 0.167. The second-order valence-corrected chi connectivity index (χ2v) is 7.89. The fourth-order valence-corrected chi connectivity index (χ4v) is 4.34. The summed E-state index contributed by atoms with van der Waals surface area (Å²) < 4.78 is 10.9. The number of halogens is 1. The van der Waals surface area contributed by atoms with Crippen LogP contribution >= 0.6 is 38.6 Å². The quantitative estimate of drug-likeness (QED) is 0.387. The number of thiophene rings is 1. The van der Waals surface area contributed by atoms with E-state index in [-0.39, 0.29) is 18.8 Å². The molecule has 0 aliphatic heterocycles. The highest BCUT2D eigenvalue weighted by Gasteiger charge is 2.14. The Morgan fingerprint density at radius 3 is 2.77 bits per heavy atom. The second-order valence-electron chi connectivity index (χ2n) is 5.23. The van der Waals surface area contributed by atoms with E-state index >= 15 is 0 Å². The molecule has 2 aromatic heterocycles. The van der Waals surface area contributed by atoms with Gasteiger partial charge in [0.2, 0.25) is 0 Å². The maximum Gasteiger partial charge on any atom is 0.312 e. The van der Waals surface area contributed by atoms with Crippen LogP contribution in [0, 0.1) is 0 Å². The molecule has 0 radical (unpaired) electrons. The first-order valence-electron chi connectivity index (χ1n) is 7.57. The van der Waals surface area contributed by atoms with Crippen LogP contribution in [0.3, 0.4) is 0 Å². The average Bonchev–Trinajstić information content (AvgIpc) is 3.31. The van der Waals surface area contributed by atoms with Gasteiger partial charge in [-0.3, -0.25) is 9.59 Å². The van der Waals surface area contributed by atoms with Crippen LogP contribution in [0.2, 0.25) is 0 Å². The van der Waals surface area contributed by atoms with E-state index < -0.39 is 5.97 Å². The van der Waals surface area contributed by atoms with Gasteiger partial charge in [0.15, 0.2) is 12.4 Å². The zero-order chi connectivity index (χ0) is 18.5. The van der Waals surface area contributed by atoms with Gasteiger partial charge in [0.1, 0.15) is 10.8 Å². The van der Waals surface area contributed by atoms with Crippen molar-refractivity contribution in [2.24, 2.45) is 0 Å². The highest BCUT2D eigenvalue weighted by Crippen LogP contribution is 2.28. The van der Waals surface area contributed by atoms with Crippen molar-refractivity contribution in [3.63, 3.8) is 0 Å². The topological polar surface area (TPSA) is 65.5 Å². The van der Waals surface area contributed by atoms with Crippen LogP contribution in [0.4, 0.5) is 0 Å². The normalized spacial score (nSPS) is 10.5. The van der Waals surface area contributed by atoms with Crippen LogP contribution in [0.25, 0.3) is 9.88 Å². The van der Waals surface area contributed by atoms with Gasteiger partial charge in [-0.05, 0) is 45.6 Å². The molecule has 1 aromatic carbocycles. The highest BCUT2D eigenvalue weighted by molar-refractivity contribution is 9.10. The molecule has 26 heavy (non-hydrogen) atoms. The first-order valence-corrected chi connectivity index (χ1v) is 10.1. The Hall–Kier alpha value is -2.03. The summed E-state index contributed by atoms with van der Waals surface area (Å²) in [6.07, 6.45) is 0.0431. The summed E-state index contributed by atoms with van der Waals surface area (Å²) in [5, 5.41) is 4.69. The van der Waals surface area contributed by atoms with Crippen molar-refractivity contribution in [3.05, 3.63) is 56.8 Å². The molecule has 0 amide bonds.